The zero-order chi connectivity index (χ0) is 22.7. The van der Waals surface area contributed by atoms with E-state index in [1.54, 1.807) is 45.3 Å². The molecule has 3 aromatic carbocycles. The van der Waals surface area contributed by atoms with Crippen molar-refractivity contribution in [3.63, 3.8) is 0 Å². The number of amidine groups is 1. The number of hydrogen-bond donors (Lipinski definition) is 0. The maximum absolute atomic E-state index is 12.9. The van der Waals surface area contributed by atoms with Gasteiger partial charge in [0.1, 0.15) is 5.75 Å². The van der Waals surface area contributed by atoms with E-state index in [0.29, 0.717) is 33.7 Å². The number of hydrogen-bond acceptors (Lipinski definition) is 6. The van der Waals surface area contributed by atoms with Crippen LogP contribution in [0, 0.1) is 0 Å². The Morgan fingerprint density at radius 2 is 1.84 bits per heavy atom. The number of thioether (sulfide) groups is 1. The molecule has 0 aromatic heterocycles. The minimum absolute atomic E-state index is 0.133. The molecule has 7 heteroatoms. The number of nitrogens with zero attached hydrogens (tertiary/aromatic N) is 2. The van der Waals surface area contributed by atoms with Crippen molar-refractivity contribution in [3.05, 3.63) is 76.7 Å². The van der Waals surface area contributed by atoms with Crippen molar-refractivity contribution in [1.29, 1.82) is 0 Å². The number of likely N-dealkylation sites (N-methyl/N-ethyl adjacent to an activating group) is 1. The Bertz CT molecular complexity index is 1250. The van der Waals surface area contributed by atoms with Crippen LogP contribution < -0.4 is 4.74 Å². The minimum atomic E-state index is -0.372. The molecule has 1 aliphatic rings. The van der Waals surface area contributed by atoms with E-state index >= 15 is 0 Å². The second-order valence-corrected chi connectivity index (χ2v) is 8.05. The standard InChI is InChI=1S/C25H22N2O4S/c1-4-31-24(29)17-9-12-18(13-10-17)26-25-27(2)23(28)22(32-25)15-20-19-8-6-5-7-16(19)11-14-21(20)30-3/h5-15H,4H2,1-3H3. The first-order chi connectivity index (χ1) is 15.5. The second kappa shape index (κ2) is 9.28. The van der Waals surface area contributed by atoms with Crippen LogP contribution in [0.25, 0.3) is 16.8 Å². The average Bonchev–Trinajstić information content (AvgIpc) is 3.07. The van der Waals surface area contributed by atoms with E-state index in [1.807, 2.05) is 42.5 Å². The molecule has 32 heavy (non-hydrogen) atoms. The highest BCUT2D eigenvalue weighted by Crippen LogP contribution is 2.37. The number of rotatable bonds is 5. The molecule has 162 valence electrons. The first-order valence-corrected chi connectivity index (χ1v) is 10.9. The highest BCUT2D eigenvalue weighted by atomic mass is 32.2. The minimum Gasteiger partial charge on any atom is -0.496 e. The maximum atomic E-state index is 12.9. The molecule has 3 aromatic rings. The van der Waals surface area contributed by atoms with Gasteiger partial charge in [-0.2, -0.15) is 0 Å². The van der Waals surface area contributed by atoms with Gasteiger partial charge in [-0.1, -0.05) is 30.3 Å². The smallest absolute Gasteiger partial charge is 0.338 e. The van der Waals surface area contributed by atoms with Crippen molar-refractivity contribution in [1.82, 2.24) is 4.90 Å². The summed E-state index contributed by atoms with van der Waals surface area (Å²) in [5, 5.41) is 2.64. The highest BCUT2D eigenvalue weighted by Gasteiger charge is 2.31. The highest BCUT2D eigenvalue weighted by molar-refractivity contribution is 8.18. The van der Waals surface area contributed by atoms with Crippen molar-refractivity contribution in [3.8, 4) is 5.75 Å². The normalized spacial score (nSPS) is 16.2. The predicted octanol–water partition coefficient (Wildman–Crippen LogP) is 5.26. The van der Waals surface area contributed by atoms with Gasteiger partial charge in [0.2, 0.25) is 0 Å². The summed E-state index contributed by atoms with van der Waals surface area (Å²) in [5.74, 6) is 0.197. The zero-order valence-corrected chi connectivity index (χ0v) is 18.8. The lowest BCUT2D eigenvalue weighted by Crippen LogP contribution is -2.23. The molecular formula is C25H22N2O4S. The summed E-state index contributed by atoms with van der Waals surface area (Å²) in [6.07, 6.45) is 1.86. The fraction of sp³-hybridized carbons (Fsp3) is 0.160. The quantitative estimate of drug-likeness (QED) is 0.395. The van der Waals surface area contributed by atoms with E-state index in [1.165, 1.54) is 16.7 Å². The molecule has 0 radical (unpaired) electrons. The van der Waals surface area contributed by atoms with Crippen LogP contribution >= 0.6 is 11.8 Å². The molecule has 1 saturated heterocycles. The molecule has 1 fully saturated rings. The lowest BCUT2D eigenvalue weighted by molar-refractivity contribution is -0.121. The second-order valence-electron chi connectivity index (χ2n) is 7.04. The number of amides is 1. The van der Waals surface area contributed by atoms with Crippen LogP contribution in [0.4, 0.5) is 5.69 Å². The van der Waals surface area contributed by atoms with Crippen molar-refractivity contribution in [2.24, 2.45) is 4.99 Å². The topological polar surface area (TPSA) is 68.2 Å². The van der Waals surface area contributed by atoms with Gasteiger partial charge in [0.15, 0.2) is 5.17 Å². The molecular weight excluding hydrogens is 424 g/mol. The Kier molecular flexibility index (Phi) is 6.28. The molecule has 0 aliphatic carbocycles. The summed E-state index contributed by atoms with van der Waals surface area (Å²) in [7, 11) is 3.32. The van der Waals surface area contributed by atoms with Gasteiger partial charge in [-0.25, -0.2) is 9.79 Å². The fourth-order valence-corrected chi connectivity index (χ4v) is 4.35. The summed E-state index contributed by atoms with van der Waals surface area (Å²) >= 11 is 1.30. The first kappa shape index (κ1) is 21.6. The lowest BCUT2D eigenvalue weighted by Gasteiger charge is -2.09. The van der Waals surface area contributed by atoms with Crippen LogP contribution in [-0.4, -0.2) is 42.7 Å². The van der Waals surface area contributed by atoms with Crippen LogP contribution in [0.1, 0.15) is 22.8 Å². The van der Waals surface area contributed by atoms with E-state index in [2.05, 4.69) is 4.99 Å². The number of methoxy groups -OCH3 is 1. The van der Waals surface area contributed by atoms with E-state index in [9.17, 15) is 9.59 Å². The van der Waals surface area contributed by atoms with Crippen LogP contribution in [0.15, 0.2) is 70.6 Å². The van der Waals surface area contributed by atoms with Gasteiger partial charge in [-0.15, -0.1) is 0 Å². The van der Waals surface area contributed by atoms with E-state index < -0.39 is 0 Å². The summed E-state index contributed by atoms with van der Waals surface area (Å²) in [6, 6.07) is 18.7. The molecule has 0 N–H and O–H groups in total. The van der Waals surface area contributed by atoms with Gasteiger partial charge < -0.3 is 9.47 Å². The van der Waals surface area contributed by atoms with Gasteiger partial charge in [0.05, 0.1) is 29.9 Å². The summed E-state index contributed by atoms with van der Waals surface area (Å²) in [5.41, 5.74) is 1.96. The number of esters is 1. The summed E-state index contributed by atoms with van der Waals surface area (Å²) in [6.45, 7) is 2.09. The molecule has 0 bridgehead atoms. The van der Waals surface area contributed by atoms with Crippen molar-refractivity contribution in [2.45, 2.75) is 6.92 Å². The van der Waals surface area contributed by atoms with Crippen molar-refractivity contribution in [2.75, 3.05) is 20.8 Å². The number of carbonyl (C=O) groups excluding carboxylic acids is 2. The van der Waals surface area contributed by atoms with Crippen LogP contribution in [0.2, 0.25) is 0 Å². The SMILES string of the molecule is CCOC(=O)c1ccc(N=C2SC(=Cc3c(OC)ccc4ccccc34)C(=O)N2C)cc1. The maximum Gasteiger partial charge on any atom is 0.338 e. The molecule has 4 rings (SSSR count). The third-order valence-corrected chi connectivity index (χ3v) is 6.09. The van der Waals surface area contributed by atoms with Gasteiger partial charge in [-0.05, 0) is 65.9 Å². The van der Waals surface area contributed by atoms with Crippen LogP contribution in [-0.2, 0) is 9.53 Å². The Balaban J connectivity index is 1.66. The van der Waals surface area contributed by atoms with Crippen LogP contribution in [0.5, 0.6) is 5.75 Å². The number of aliphatic imine (C=N–C) groups is 1. The van der Waals surface area contributed by atoms with Gasteiger partial charge in [0.25, 0.3) is 5.91 Å². The molecule has 1 aliphatic heterocycles. The number of carbonyl (C=O) groups is 2. The number of benzene rings is 3. The predicted molar refractivity (Wildman–Crippen MR) is 128 cm³/mol. The first-order valence-electron chi connectivity index (χ1n) is 10.1. The molecule has 6 nitrogen and oxygen atoms in total. The van der Waals surface area contributed by atoms with Crippen molar-refractivity contribution < 1.29 is 19.1 Å². The monoisotopic (exact) mass is 446 g/mol. The molecule has 0 atom stereocenters. The summed E-state index contributed by atoms with van der Waals surface area (Å²) < 4.78 is 10.6. The number of fused-ring (bicyclic) bond motifs is 1. The van der Waals surface area contributed by atoms with Gasteiger partial charge in [-0.3, -0.25) is 9.69 Å². The van der Waals surface area contributed by atoms with Crippen molar-refractivity contribution >= 4 is 51.3 Å². The van der Waals surface area contributed by atoms with E-state index in [4.69, 9.17) is 9.47 Å². The van der Waals surface area contributed by atoms with E-state index in [0.717, 1.165) is 16.3 Å². The Morgan fingerprint density at radius 1 is 1.09 bits per heavy atom. The molecule has 0 unspecified atom stereocenters. The molecule has 0 saturated carbocycles. The lowest BCUT2D eigenvalue weighted by atomic mass is 10.0. The van der Waals surface area contributed by atoms with Gasteiger partial charge >= 0.3 is 5.97 Å². The zero-order valence-electron chi connectivity index (χ0n) is 18.0. The molecule has 1 amide bonds. The van der Waals surface area contributed by atoms with Gasteiger partial charge in [0, 0.05) is 12.6 Å². The molecule has 0 spiro atoms. The average molecular weight is 447 g/mol. The Labute approximate surface area is 190 Å². The third-order valence-electron chi connectivity index (χ3n) is 5.03. The largest absolute Gasteiger partial charge is 0.496 e. The Morgan fingerprint density at radius 3 is 2.56 bits per heavy atom. The summed E-state index contributed by atoms with van der Waals surface area (Å²) in [4.78, 5) is 31.4. The van der Waals surface area contributed by atoms with E-state index in [-0.39, 0.29) is 11.9 Å². The third kappa shape index (κ3) is 4.24. The van der Waals surface area contributed by atoms with Crippen LogP contribution in [0.3, 0.4) is 0 Å². The number of ether oxygens (including phenoxy) is 2. The molecule has 1 heterocycles. The Hall–Kier alpha value is -3.58. The fourth-order valence-electron chi connectivity index (χ4n) is 3.38.